The number of carbonyl (C=O) groups excluding carboxylic acids is 1. The van der Waals surface area contributed by atoms with Gasteiger partial charge in [0.15, 0.2) is 11.5 Å². The van der Waals surface area contributed by atoms with Gasteiger partial charge in [-0.1, -0.05) is 0 Å². The van der Waals surface area contributed by atoms with Crippen LogP contribution >= 0.6 is 0 Å². The van der Waals surface area contributed by atoms with Crippen molar-refractivity contribution in [3.63, 3.8) is 0 Å². The first kappa shape index (κ1) is 13.9. The third kappa shape index (κ3) is 2.74. The molecule has 2 rings (SSSR count). The number of nitrogens with zero attached hydrogens (tertiary/aromatic N) is 2. The van der Waals surface area contributed by atoms with E-state index in [9.17, 15) is 4.79 Å². The smallest absolute Gasteiger partial charge is 0.239 e. The fraction of sp³-hybridized carbons (Fsp3) is 0.286. The SMILES string of the molecule is CNC(=O)Cn1ccnc1-c1ccc(OC)c(OC)c1. The van der Waals surface area contributed by atoms with E-state index < -0.39 is 0 Å². The number of imidazole rings is 1. The summed E-state index contributed by atoms with van der Waals surface area (Å²) in [7, 11) is 4.78. The Hall–Kier alpha value is -2.50. The second-order valence-electron chi connectivity index (χ2n) is 4.12. The number of methoxy groups -OCH3 is 2. The lowest BCUT2D eigenvalue weighted by atomic mass is 10.2. The van der Waals surface area contributed by atoms with E-state index in [0.717, 1.165) is 5.56 Å². The van der Waals surface area contributed by atoms with Crippen LogP contribution in [0.5, 0.6) is 11.5 Å². The van der Waals surface area contributed by atoms with E-state index in [4.69, 9.17) is 9.47 Å². The van der Waals surface area contributed by atoms with Crippen molar-refractivity contribution >= 4 is 5.91 Å². The quantitative estimate of drug-likeness (QED) is 0.893. The fourth-order valence-corrected chi connectivity index (χ4v) is 1.91. The first-order valence-corrected chi connectivity index (χ1v) is 6.13. The molecule has 0 bridgehead atoms. The molecule has 1 heterocycles. The monoisotopic (exact) mass is 275 g/mol. The molecule has 0 radical (unpaired) electrons. The van der Waals surface area contributed by atoms with E-state index >= 15 is 0 Å². The minimum Gasteiger partial charge on any atom is -0.493 e. The zero-order chi connectivity index (χ0) is 14.5. The molecule has 1 amide bonds. The Balaban J connectivity index is 2.37. The average Bonchev–Trinajstić information content (AvgIpc) is 2.94. The van der Waals surface area contributed by atoms with Crippen molar-refractivity contribution < 1.29 is 14.3 Å². The minimum atomic E-state index is -0.0790. The van der Waals surface area contributed by atoms with Gasteiger partial charge in [-0.3, -0.25) is 4.79 Å². The Morgan fingerprint density at radius 2 is 2.05 bits per heavy atom. The molecule has 6 nitrogen and oxygen atoms in total. The molecule has 0 spiro atoms. The zero-order valence-electron chi connectivity index (χ0n) is 11.7. The fourth-order valence-electron chi connectivity index (χ4n) is 1.91. The van der Waals surface area contributed by atoms with Crippen LogP contribution in [0, 0.1) is 0 Å². The summed E-state index contributed by atoms with van der Waals surface area (Å²) in [6.07, 6.45) is 3.43. The number of rotatable bonds is 5. The van der Waals surface area contributed by atoms with Gasteiger partial charge in [-0.25, -0.2) is 4.98 Å². The highest BCUT2D eigenvalue weighted by Crippen LogP contribution is 2.31. The van der Waals surface area contributed by atoms with Gasteiger partial charge in [-0.15, -0.1) is 0 Å². The average molecular weight is 275 g/mol. The lowest BCUT2D eigenvalue weighted by molar-refractivity contribution is -0.121. The Bertz CT molecular complexity index is 607. The maximum absolute atomic E-state index is 11.5. The highest BCUT2D eigenvalue weighted by Gasteiger charge is 2.11. The van der Waals surface area contributed by atoms with E-state index in [1.807, 2.05) is 18.2 Å². The van der Waals surface area contributed by atoms with Crippen molar-refractivity contribution in [2.45, 2.75) is 6.54 Å². The molecule has 0 aliphatic rings. The molecule has 6 heteroatoms. The van der Waals surface area contributed by atoms with Crippen LogP contribution < -0.4 is 14.8 Å². The molecule has 0 saturated heterocycles. The van der Waals surface area contributed by atoms with E-state index in [1.54, 1.807) is 38.2 Å². The van der Waals surface area contributed by atoms with Crippen molar-refractivity contribution in [1.82, 2.24) is 14.9 Å². The standard InChI is InChI=1S/C14H17N3O3/c1-15-13(18)9-17-7-6-16-14(17)10-4-5-11(19-2)12(8-10)20-3/h4-8H,9H2,1-3H3,(H,15,18). The molecule has 0 fully saturated rings. The van der Waals surface area contributed by atoms with Gasteiger partial charge in [0.05, 0.1) is 14.2 Å². The van der Waals surface area contributed by atoms with Crippen LogP contribution in [-0.4, -0.2) is 36.7 Å². The summed E-state index contributed by atoms with van der Waals surface area (Å²) in [5.74, 6) is 1.90. The van der Waals surface area contributed by atoms with Gasteiger partial charge in [0.1, 0.15) is 12.4 Å². The predicted octanol–water partition coefficient (Wildman–Crippen LogP) is 1.31. The van der Waals surface area contributed by atoms with Crippen molar-refractivity contribution in [3.05, 3.63) is 30.6 Å². The number of ether oxygens (including phenoxy) is 2. The number of benzene rings is 1. The number of carbonyl (C=O) groups is 1. The Kier molecular flexibility index (Phi) is 4.24. The lowest BCUT2D eigenvalue weighted by Crippen LogP contribution is -2.23. The van der Waals surface area contributed by atoms with Gasteiger partial charge < -0.3 is 19.4 Å². The molecule has 1 N–H and O–H groups in total. The van der Waals surface area contributed by atoms with Gasteiger partial charge >= 0.3 is 0 Å². The number of hydrogen-bond acceptors (Lipinski definition) is 4. The first-order valence-electron chi connectivity index (χ1n) is 6.13. The minimum absolute atomic E-state index is 0.0790. The van der Waals surface area contributed by atoms with Crippen LogP contribution in [0.1, 0.15) is 0 Å². The van der Waals surface area contributed by atoms with E-state index in [2.05, 4.69) is 10.3 Å². The van der Waals surface area contributed by atoms with Gasteiger partial charge in [0.25, 0.3) is 0 Å². The Morgan fingerprint density at radius 3 is 2.70 bits per heavy atom. The Morgan fingerprint density at radius 1 is 1.30 bits per heavy atom. The highest BCUT2D eigenvalue weighted by atomic mass is 16.5. The first-order chi connectivity index (χ1) is 9.69. The molecule has 106 valence electrons. The van der Waals surface area contributed by atoms with Crippen LogP contribution in [0.25, 0.3) is 11.4 Å². The second kappa shape index (κ2) is 6.10. The molecule has 0 aliphatic heterocycles. The summed E-state index contributed by atoms with van der Waals surface area (Å²) in [5.41, 5.74) is 0.858. The van der Waals surface area contributed by atoms with Crippen LogP contribution in [0.3, 0.4) is 0 Å². The maximum atomic E-state index is 11.5. The summed E-state index contributed by atoms with van der Waals surface area (Å²) < 4.78 is 12.3. The summed E-state index contributed by atoms with van der Waals surface area (Å²) >= 11 is 0. The Labute approximate surface area is 117 Å². The van der Waals surface area contributed by atoms with Crippen LogP contribution in [0.15, 0.2) is 30.6 Å². The van der Waals surface area contributed by atoms with Crippen LogP contribution in [-0.2, 0) is 11.3 Å². The number of aromatic nitrogens is 2. The van der Waals surface area contributed by atoms with Gasteiger partial charge in [0.2, 0.25) is 5.91 Å². The second-order valence-corrected chi connectivity index (χ2v) is 4.12. The third-order valence-corrected chi connectivity index (χ3v) is 2.95. The molecule has 0 unspecified atom stereocenters. The number of amides is 1. The van der Waals surface area contributed by atoms with Gasteiger partial charge in [-0.05, 0) is 18.2 Å². The molecule has 0 saturated carbocycles. The summed E-state index contributed by atoms with van der Waals surface area (Å²) in [6.45, 7) is 0.222. The highest BCUT2D eigenvalue weighted by molar-refractivity contribution is 5.76. The van der Waals surface area contributed by atoms with Crippen molar-refractivity contribution in [2.24, 2.45) is 0 Å². The van der Waals surface area contributed by atoms with Crippen molar-refractivity contribution in [3.8, 4) is 22.9 Å². The molecule has 1 aromatic heterocycles. The van der Waals surface area contributed by atoms with Crippen LogP contribution in [0.2, 0.25) is 0 Å². The van der Waals surface area contributed by atoms with Gasteiger partial charge in [-0.2, -0.15) is 0 Å². The molecule has 1 aromatic carbocycles. The summed E-state index contributed by atoms with van der Waals surface area (Å²) in [6, 6.07) is 5.53. The topological polar surface area (TPSA) is 65.4 Å². The normalized spacial score (nSPS) is 10.2. The molecule has 0 aliphatic carbocycles. The molecule has 20 heavy (non-hydrogen) atoms. The van der Waals surface area contributed by atoms with Gasteiger partial charge in [0, 0.05) is 25.0 Å². The number of hydrogen-bond donors (Lipinski definition) is 1. The largest absolute Gasteiger partial charge is 0.493 e. The predicted molar refractivity (Wildman–Crippen MR) is 74.8 cm³/mol. The number of likely N-dealkylation sites (N-methyl/N-ethyl adjacent to an activating group) is 1. The van der Waals surface area contributed by atoms with Crippen LogP contribution in [0.4, 0.5) is 0 Å². The lowest BCUT2D eigenvalue weighted by Gasteiger charge is -2.11. The molecule has 0 atom stereocenters. The summed E-state index contributed by atoms with van der Waals surface area (Å²) in [4.78, 5) is 15.8. The van der Waals surface area contributed by atoms with E-state index in [-0.39, 0.29) is 12.5 Å². The molecule has 2 aromatic rings. The van der Waals surface area contributed by atoms with E-state index in [0.29, 0.717) is 17.3 Å². The van der Waals surface area contributed by atoms with Crippen molar-refractivity contribution in [2.75, 3.05) is 21.3 Å². The molecular weight excluding hydrogens is 258 g/mol. The maximum Gasteiger partial charge on any atom is 0.239 e. The van der Waals surface area contributed by atoms with E-state index in [1.165, 1.54) is 0 Å². The number of nitrogens with one attached hydrogen (secondary N) is 1. The molecular formula is C14H17N3O3. The third-order valence-electron chi connectivity index (χ3n) is 2.95. The van der Waals surface area contributed by atoms with Crippen molar-refractivity contribution in [1.29, 1.82) is 0 Å². The zero-order valence-corrected chi connectivity index (χ0v) is 11.7. The summed E-state index contributed by atoms with van der Waals surface area (Å²) in [5, 5.41) is 2.59.